The van der Waals surface area contributed by atoms with Crippen molar-refractivity contribution < 1.29 is 14.4 Å². The largest absolute Gasteiger partial charge is 0.288 e. The lowest BCUT2D eigenvalue weighted by Crippen LogP contribution is -2.29. The van der Waals surface area contributed by atoms with Crippen molar-refractivity contribution in [3.63, 3.8) is 0 Å². The van der Waals surface area contributed by atoms with E-state index in [1.165, 1.54) is 22.6 Å². The molecule has 0 aliphatic rings. The van der Waals surface area contributed by atoms with Crippen molar-refractivity contribution in [2.45, 2.75) is 6.54 Å². The number of hydroxylamine groups is 1. The Morgan fingerprint density at radius 1 is 1.62 bits per heavy atom. The molecular weight excluding hydrogens is 328 g/mol. The summed E-state index contributed by atoms with van der Waals surface area (Å²) in [6.07, 6.45) is 0. The number of hydrazine groups is 1. The van der Waals surface area contributed by atoms with E-state index < -0.39 is 11.7 Å². The number of rotatable bonds is 4. The number of benzene rings is 1. The van der Waals surface area contributed by atoms with Gasteiger partial charge in [-0.25, -0.2) is 14.9 Å². The second-order valence-corrected chi connectivity index (χ2v) is 3.80. The summed E-state index contributed by atoms with van der Waals surface area (Å²) in [5, 5.41) is 9.82. The molecular formula is C9H11FIN3O2. The highest BCUT2D eigenvalue weighted by molar-refractivity contribution is 14.1. The number of halogens is 2. The molecule has 0 spiro atoms. The van der Waals surface area contributed by atoms with Crippen LogP contribution in [0.2, 0.25) is 0 Å². The molecule has 88 valence electrons. The summed E-state index contributed by atoms with van der Waals surface area (Å²) in [5.74, 6) is 4.26. The van der Waals surface area contributed by atoms with Gasteiger partial charge in [0.1, 0.15) is 5.82 Å². The molecule has 1 aromatic rings. The molecule has 0 bridgehead atoms. The van der Waals surface area contributed by atoms with Crippen LogP contribution < -0.4 is 11.3 Å². The third-order valence-corrected chi connectivity index (χ3v) is 2.82. The molecule has 5 nitrogen and oxygen atoms in total. The highest BCUT2D eigenvalue weighted by Gasteiger charge is 2.10. The summed E-state index contributed by atoms with van der Waals surface area (Å²) in [6.45, 7) is 0.260. The van der Waals surface area contributed by atoms with Crippen LogP contribution in [0.15, 0.2) is 18.2 Å². The lowest BCUT2D eigenvalue weighted by Gasteiger charge is -2.13. The predicted octanol–water partition coefficient (Wildman–Crippen LogP) is 1.01. The Balaban J connectivity index is 2.87. The first-order valence-electron chi connectivity index (χ1n) is 4.37. The maximum absolute atomic E-state index is 13.5. The highest BCUT2D eigenvalue weighted by atomic mass is 127. The first-order chi connectivity index (χ1) is 7.58. The lowest BCUT2D eigenvalue weighted by atomic mass is 10.1. The first-order valence-corrected chi connectivity index (χ1v) is 5.89. The monoisotopic (exact) mass is 339 g/mol. The minimum atomic E-state index is -0.746. The quantitative estimate of drug-likeness (QED) is 0.191. The Labute approximate surface area is 105 Å². The summed E-state index contributed by atoms with van der Waals surface area (Å²) in [4.78, 5) is 11.0. The summed E-state index contributed by atoms with van der Waals surface area (Å²) in [5.41, 5.74) is 1.89. The maximum Gasteiger partial charge on any atom is 0.274 e. The van der Waals surface area contributed by atoms with Crippen molar-refractivity contribution in [3.8, 4) is 0 Å². The van der Waals surface area contributed by atoms with E-state index in [0.29, 0.717) is 10.1 Å². The number of carbonyl (C=O) groups excluding carboxylic acids is 1. The summed E-state index contributed by atoms with van der Waals surface area (Å²) in [7, 11) is 0. The zero-order valence-electron chi connectivity index (χ0n) is 8.28. The fourth-order valence-corrected chi connectivity index (χ4v) is 1.38. The summed E-state index contributed by atoms with van der Waals surface area (Å²) in [6, 6.07) is 3.94. The molecule has 0 unspecified atom stereocenters. The molecule has 0 saturated carbocycles. The zero-order chi connectivity index (χ0) is 12.1. The Morgan fingerprint density at radius 3 is 2.81 bits per heavy atom. The van der Waals surface area contributed by atoms with Gasteiger partial charge in [-0.1, -0.05) is 28.7 Å². The SMILES string of the molecule is NN(CI)Cc1ccc(C(=O)NO)cc1F. The number of nitrogens with zero attached hydrogens (tertiary/aromatic N) is 1. The molecule has 1 amide bonds. The fourth-order valence-electron chi connectivity index (χ4n) is 1.14. The number of alkyl halides is 1. The molecule has 0 aliphatic heterocycles. The van der Waals surface area contributed by atoms with Crippen LogP contribution >= 0.6 is 22.6 Å². The molecule has 0 aliphatic carbocycles. The van der Waals surface area contributed by atoms with Crippen LogP contribution in [0.25, 0.3) is 0 Å². The molecule has 4 N–H and O–H groups in total. The van der Waals surface area contributed by atoms with Crippen LogP contribution in [0, 0.1) is 5.82 Å². The van der Waals surface area contributed by atoms with E-state index in [1.807, 2.05) is 0 Å². The Morgan fingerprint density at radius 2 is 2.31 bits per heavy atom. The number of hydrogen-bond acceptors (Lipinski definition) is 4. The number of carbonyl (C=O) groups is 1. The van der Waals surface area contributed by atoms with Crippen molar-refractivity contribution in [1.29, 1.82) is 0 Å². The zero-order valence-corrected chi connectivity index (χ0v) is 10.4. The van der Waals surface area contributed by atoms with Crippen LogP contribution in [-0.4, -0.2) is 20.7 Å². The Hall–Kier alpha value is -0.770. The second-order valence-electron chi connectivity index (χ2n) is 3.11. The first kappa shape index (κ1) is 13.3. The van der Waals surface area contributed by atoms with Gasteiger partial charge < -0.3 is 0 Å². The van der Waals surface area contributed by atoms with Crippen LogP contribution in [0.4, 0.5) is 4.39 Å². The Bertz CT molecular complexity index is 389. The van der Waals surface area contributed by atoms with Gasteiger partial charge in [0.2, 0.25) is 0 Å². The van der Waals surface area contributed by atoms with E-state index in [4.69, 9.17) is 11.0 Å². The molecule has 0 radical (unpaired) electrons. The predicted molar refractivity (Wildman–Crippen MR) is 64.3 cm³/mol. The second kappa shape index (κ2) is 6.09. The molecule has 0 atom stereocenters. The normalized spacial score (nSPS) is 10.6. The average molecular weight is 339 g/mol. The highest BCUT2D eigenvalue weighted by Crippen LogP contribution is 2.12. The van der Waals surface area contributed by atoms with Gasteiger partial charge in [0.15, 0.2) is 0 Å². The molecule has 7 heteroatoms. The molecule has 0 saturated heterocycles. The molecule has 0 aromatic heterocycles. The minimum Gasteiger partial charge on any atom is -0.288 e. The summed E-state index contributed by atoms with van der Waals surface area (Å²) < 4.78 is 14.1. The van der Waals surface area contributed by atoms with Gasteiger partial charge in [-0.3, -0.25) is 15.8 Å². The summed E-state index contributed by atoms with van der Waals surface area (Å²) >= 11 is 2.06. The van der Waals surface area contributed by atoms with Crippen molar-refractivity contribution in [2.75, 3.05) is 4.55 Å². The van der Waals surface area contributed by atoms with Gasteiger partial charge >= 0.3 is 0 Å². The topological polar surface area (TPSA) is 78.6 Å². The molecule has 1 rings (SSSR count). The lowest BCUT2D eigenvalue weighted by molar-refractivity contribution is 0.0706. The number of hydrogen-bond donors (Lipinski definition) is 3. The van der Waals surface area contributed by atoms with Crippen LogP contribution in [0.3, 0.4) is 0 Å². The maximum atomic E-state index is 13.5. The van der Waals surface area contributed by atoms with Gasteiger partial charge in [-0.15, -0.1) is 0 Å². The number of nitrogens with two attached hydrogens (primary N) is 1. The molecule has 1 aromatic carbocycles. The minimum absolute atomic E-state index is 0.0572. The van der Waals surface area contributed by atoms with E-state index >= 15 is 0 Å². The Kier molecular flexibility index (Phi) is 5.06. The smallest absolute Gasteiger partial charge is 0.274 e. The average Bonchev–Trinajstić information content (AvgIpc) is 2.30. The van der Waals surface area contributed by atoms with Gasteiger partial charge in [0.05, 0.1) is 4.55 Å². The van der Waals surface area contributed by atoms with E-state index in [-0.39, 0.29) is 12.1 Å². The standard InChI is InChI=1S/C9H11FIN3O2/c10-8-3-6(9(15)13-16)1-2-7(8)4-14(12)5-11/h1-3,16H,4-5,12H2,(H,13,15). The number of amides is 1. The van der Waals surface area contributed by atoms with Gasteiger partial charge in [-0.2, -0.15) is 0 Å². The van der Waals surface area contributed by atoms with Crippen LogP contribution in [-0.2, 0) is 6.54 Å². The van der Waals surface area contributed by atoms with Crippen molar-refractivity contribution in [1.82, 2.24) is 10.5 Å². The van der Waals surface area contributed by atoms with E-state index in [9.17, 15) is 9.18 Å². The van der Waals surface area contributed by atoms with E-state index in [2.05, 4.69) is 22.6 Å². The van der Waals surface area contributed by atoms with E-state index in [0.717, 1.165) is 6.07 Å². The van der Waals surface area contributed by atoms with Crippen molar-refractivity contribution in [3.05, 3.63) is 35.1 Å². The van der Waals surface area contributed by atoms with Gasteiger partial charge in [0, 0.05) is 17.7 Å². The van der Waals surface area contributed by atoms with E-state index in [1.54, 1.807) is 0 Å². The third kappa shape index (κ3) is 3.37. The molecule has 16 heavy (non-hydrogen) atoms. The third-order valence-electron chi connectivity index (χ3n) is 1.94. The van der Waals surface area contributed by atoms with Crippen LogP contribution in [0.5, 0.6) is 0 Å². The molecule has 0 heterocycles. The van der Waals surface area contributed by atoms with Gasteiger partial charge in [-0.05, 0) is 12.1 Å². The fraction of sp³-hybridized carbons (Fsp3) is 0.222. The van der Waals surface area contributed by atoms with Crippen LogP contribution in [0.1, 0.15) is 15.9 Å². The van der Waals surface area contributed by atoms with Crippen molar-refractivity contribution in [2.24, 2.45) is 5.84 Å². The van der Waals surface area contributed by atoms with Crippen molar-refractivity contribution >= 4 is 28.5 Å². The van der Waals surface area contributed by atoms with Gasteiger partial charge in [0.25, 0.3) is 5.91 Å². The molecule has 0 fully saturated rings. The number of nitrogens with one attached hydrogen (secondary N) is 1.